The third kappa shape index (κ3) is 5.24. The van der Waals surface area contributed by atoms with E-state index in [4.69, 9.17) is 0 Å². The van der Waals surface area contributed by atoms with Crippen LogP contribution in [0.4, 0.5) is 0 Å². The molecule has 0 aliphatic heterocycles. The van der Waals surface area contributed by atoms with Gasteiger partial charge in [0.2, 0.25) is 5.91 Å². The molecule has 2 N–H and O–H groups in total. The summed E-state index contributed by atoms with van der Waals surface area (Å²) in [6, 6.07) is 10.8. The average molecular weight is 250 g/mol. The van der Waals surface area contributed by atoms with Crippen molar-refractivity contribution in [1.29, 1.82) is 0 Å². The standard InChI is InChI=1S/C13H18N2OS/c16-13(15-11-6-7-11)10-14-8-9-17-12-4-2-1-3-5-12/h1-5,11,14H,6-10H2,(H,15,16). The van der Waals surface area contributed by atoms with Gasteiger partial charge in [-0.05, 0) is 25.0 Å². The maximum atomic E-state index is 11.3. The second-order valence-corrected chi connectivity index (χ2v) is 5.35. The van der Waals surface area contributed by atoms with Gasteiger partial charge in [0.05, 0.1) is 6.54 Å². The molecule has 1 aromatic rings. The molecule has 1 fully saturated rings. The van der Waals surface area contributed by atoms with E-state index in [1.807, 2.05) is 18.2 Å². The minimum absolute atomic E-state index is 0.122. The second kappa shape index (κ2) is 6.67. The number of amides is 1. The van der Waals surface area contributed by atoms with Crippen LogP contribution in [0.5, 0.6) is 0 Å². The fraction of sp³-hybridized carbons (Fsp3) is 0.462. The summed E-state index contributed by atoms with van der Waals surface area (Å²) in [5, 5.41) is 6.11. The minimum atomic E-state index is 0.122. The molecule has 92 valence electrons. The van der Waals surface area contributed by atoms with Crippen LogP contribution in [-0.2, 0) is 4.79 Å². The molecular weight excluding hydrogens is 232 g/mol. The van der Waals surface area contributed by atoms with Gasteiger partial charge in [-0.3, -0.25) is 4.79 Å². The highest BCUT2D eigenvalue weighted by atomic mass is 32.2. The van der Waals surface area contributed by atoms with Crippen LogP contribution in [0.3, 0.4) is 0 Å². The summed E-state index contributed by atoms with van der Waals surface area (Å²) < 4.78 is 0. The highest BCUT2D eigenvalue weighted by Gasteiger charge is 2.22. The summed E-state index contributed by atoms with van der Waals surface area (Å²) in [4.78, 5) is 12.6. The zero-order chi connectivity index (χ0) is 11.9. The Balaban J connectivity index is 1.50. The Morgan fingerprint density at radius 1 is 1.29 bits per heavy atom. The van der Waals surface area contributed by atoms with E-state index < -0.39 is 0 Å². The van der Waals surface area contributed by atoms with Crippen molar-refractivity contribution in [3.8, 4) is 0 Å². The van der Waals surface area contributed by atoms with Crippen molar-refractivity contribution in [1.82, 2.24) is 10.6 Å². The number of benzene rings is 1. The topological polar surface area (TPSA) is 41.1 Å². The number of rotatable bonds is 7. The smallest absolute Gasteiger partial charge is 0.234 e. The van der Waals surface area contributed by atoms with Crippen molar-refractivity contribution in [3.05, 3.63) is 30.3 Å². The molecule has 1 aromatic carbocycles. The van der Waals surface area contributed by atoms with E-state index in [0.29, 0.717) is 12.6 Å². The van der Waals surface area contributed by atoms with Gasteiger partial charge in [0.1, 0.15) is 0 Å². The molecule has 2 rings (SSSR count). The molecule has 1 aliphatic carbocycles. The van der Waals surface area contributed by atoms with Crippen molar-refractivity contribution in [2.24, 2.45) is 0 Å². The molecule has 4 heteroatoms. The number of carbonyl (C=O) groups excluding carboxylic acids is 1. The minimum Gasteiger partial charge on any atom is -0.352 e. The van der Waals surface area contributed by atoms with Gasteiger partial charge in [-0.2, -0.15) is 0 Å². The maximum absolute atomic E-state index is 11.3. The van der Waals surface area contributed by atoms with E-state index in [0.717, 1.165) is 25.1 Å². The number of nitrogens with one attached hydrogen (secondary N) is 2. The summed E-state index contributed by atoms with van der Waals surface area (Å²) in [5.74, 6) is 1.11. The first-order chi connectivity index (χ1) is 8.34. The summed E-state index contributed by atoms with van der Waals surface area (Å²) in [5.41, 5.74) is 0. The van der Waals surface area contributed by atoms with Crippen molar-refractivity contribution in [2.45, 2.75) is 23.8 Å². The molecule has 0 saturated heterocycles. The van der Waals surface area contributed by atoms with Crippen molar-refractivity contribution in [3.63, 3.8) is 0 Å². The van der Waals surface area contributed by atoms with E-state index in [2.05, 4.69) is 22.8 Å². The molecule has 1 saturated carbocycles. The molecule has 0 aromatic heterocycles. The van der Waals surface area contributed by atoms with Gasteiger partial charge in [-0.15, -0.1) is 11.8 Å². The van der Waals surface area contributed by atoms with Crippen LogP contribution in [0.1, 0.15) is 12.8 Å². The summed E-state index contributed by atoms with van der Waals surface area (Å²) >= 11 is 1.80. The number of carbonyl (C=O) groups is 1. The van der Waals surface area contributed by atoms with Crippen LogP contribution in [0.15, 0.2) is 35.2 Å². The lowest BCUT2D eigenvalue weighted by Gasteiger charge is -2.05. The maximum Gasteiger partial charge on any atom is 0.234 e. The van der Waals surface area contributed by atoms with E-state index in [-0.39, 0.29) is 5.91 Å². The van der Waals surface area contributed by atoms with Gasteiger partial charge >= 0.3 is 0 Å². The van der Waals surface area contributed by atoms with E-state index in [1.54, 1.807) is 11.8 Å². The lowest BCUT2D eigenvalue weighted by molar-refractivity contribution is -0.120. The highest BCUT2D eigenvalue weighted by Crippen LogP contribution is 2.18. The number of hydrogen-bond donors (Lipinski definition) is 2. The molecule has 0 atom stereocenters. The van der Waals surface area contributed by atoms with Gasteiger partial charge in [0.15, 0.2) is 0 Å². The zero-order valence-electron chi connectivity index (χ0n) is 9.82. The Hall–Kier alpha value is -1.00. The molecule has 1 amide bonds. The molecular formula is C13H18N2OS. The largest absolute Gasteiger partial charge is 0.352 e. The Bertz CT molecular complexity index is 352. The lowest BCUT2D eigenvalue weighted by atomic mass is 10.4. The van der Waals surface area contributed by atoms with Gasteiger partial charge in [0, 0.05) is 23.2 Å². The molecule has 0 radical (unpaired) electrons. The summed E-state index contributed by atoms with van der Waals surface area (Å²) in [6.45, 7) is 1.30. The number of thioether (sulfide) groups is 1. The quantitative estimate of drug-likeness (QED) is 0.571. The average Bonchev–Trinajstić information content (AvgIpc) is 3.14. The fourth-order valence-electron chi connectivity index (χ4n) is 1.47. The van der Waals surface area contributed by atoms with Crippen LogP contribution in [-0.4, -0.2) is 30.8 Å². The third-order valence-corrected chi connectivity index (χ3v) is 3.53. The first-order valence-electron chi connectivity index (χ1n) is 6.02. The Kier molecular flexibility index (Phi) is 4.88. The van der Waals surface area contributed by atoms with Crippen molar-refractivity contribution >= 4 is 17.7 Å². The van der Waals surface area contributed by atoms with Gasteiger partial charge in [0.25, 0.3) is 0 Å². The Labute approximate surface area is 106 Å². The predicted molar refractivity (Wildman–Crippen MR) is 71.2 cm³/mol. The first kappa shape index (κ1) is 12.5. The normalized spacial score (nSPS) is 14.6. The van der Waals surface area contributed by atoms with Crippen molar-refractivity contribution < 1.29 is 4.79 Å². The lowest BCUT2D eigenvalue weighted by Crippen LogP contribution is -2.35. The molecule has 17 heavy (non-hydrogen) atoms. The molecule has 0 heterocycles. The molecule has 0 bridgehead atoms. The Morgan fingerprint density at radius 3 is 2.76 bits per heavy atom. The SMILES string of the molecule is O=C(CNCCSc1ccccc1)NC1CC1. The monoisotopic (exact) mass is 250 g/mol. The van der Waals surface area contributed by atoms with E-state index in [1.165, 1.54) is 4.90 Å². The molecule has 0 unspecified atom stereocenters. The van der Waals surface area contributed by atoms with Gasteiger partial charge < -0.3 is 10.6 Å². The second-order valence-electron chi connectivity index (χ2n) is 4.18. The van der Waals surface area contributed by atoms with Crippen LogP contribution >= 0.6 is 11.8 Å². The number of hydrogen-bond acceptors (Lipinski definition) is 3. The predicted octanol–water partition coefficient (Wildman–Crippen LogP) is 1.65. The van der Waals surface area contributed by atoms with Gasteiger partial charge in [-0.1, -0.05) is 18.2 Å². The zero-order valence-corrected chi connectivity index (χ0v) is 10.6. The van der Waals surface area contributed by atoms with Crippen molar-refractivity contribution in [2.75, 3.05) is 18.8 Å². The van der Waals surface area contributed by atoms with E-state index >= 15 is 0 Å². The third-order valence-electron chi connectivity index (χ3n) is 2.52. The Morgan fingerprint density at radius 2 is 2.06 bits per heavy atom. The first-order valence-corrected chi connectivity index (χ1v) is 7.01. The molecule has 3 nitrogen and oxygen atoms in total. The van der Waals surface area contributed by atoms with Crippen LogP contribution in [0.2, 0.25) is 0 Å². The fourth-order valence-corrected chi connectivity index (χ4v) is 2.30. The summed E-state index contributed by atoms with van der Waals surface area (Å²) in [7, 11) is 0. The molecule has 0 spiro atoms. The highest BCUT2D eigenvalue weighted by molar-refractivity contribution is 7.99. The van der Waals surface area contributed by atoms with Crippen LogP contribution in [0, 0.1) is 0 Å². The van der Waals surface area contributed by atoms with Crippen LogP contribution in [0.25, 0.3) is 0 Å². The summed E-state index contributed by atoms with van der Waals surface area (Å²) in [6.07, 6.45) is 2.30. The van der Waals surface area contributed by atoms with Crippen LogP contribution < -0.4 is 10.6 Å². The van der Waals surface area contributed by atoms with E-state index in [9.17, 15) is 4.79 Å². The molecule has 1 aliphatic rings. The van der Waals surface area contributed by atoms with Gasteiger partial charge in [-0.25, -0.2) is 0 Å².